The molecule has 100 valence electrons. The van der Waals surface area contributed by atoms with Crippen molar-refractivity contribution in [2.75, 3.05) is 0 Å². The van der Waals surface area contributed by atoms with Crippen LogP contribution in [0.2, 0.25) is 0 Å². The van der Waals surface area contributed by atoms with Crippen LogP contribution in [0, 0.1) is 5.41 Å². The van der Waals surface area contributed by atoms with Gasteiger partial charge in [0.1, 0.15) is 5.60 Å². The minimum Gasteiger partial charge on any atom is -0.444 e. The van der Waals surface area contributed by atoms with Crippen LogP contribution in [0.15, 0.2) is 0 Å². The Bertz CT molecular complexity index is 279. The Morgan fingerprint density at radius 3 is 2.29 bits per heavy atom. The number of aliphatic hydroxyl groups excluding tert-OH is 1. The van der Waals surface area contributed by atoms with E-state index in [-0.39, 0.29) is 23.7 Å². The predicted molar refractivity (Wildman–Crippen MR) is 66.8 cm³/mol. The van der Waals surface area contributed by atoms with Crippen LogP contribution in [0.25, 0.3) is 0 Å². The topological polar surface area (TPSA) is 58.6 Å². The van der Waals surface area contributed by atoms with Gasteiger partial charge in [0.25, 0.3) is 0 Å². The van der Waals surface area contributed by atoms with Gasteiger partial charge in [0.2, 0.25) is 0 Å². The first kappa shape index (κ1) is 14.3. The van der Waals surface area contributed by atoms with E-state index in [0.29, 0.717) is 6.42 Å². The molecule has 2 N–H and O–H groups in total. The molecule has 1 rings (SSSR count). The molecule has 0 aromatic rings. The van der Waals surface area contributed by atoms with Crippen LogP contribution in [0.5, 0.6) is 0 Å². The third-order valence-corrected chi connectivity index (χ3v) is 3.82. The zero-order chi connectivity index (χ0) is 13.3. The minimum atomic E-state index is -0.479. The molecule has 1 aliphatic carbocycles. The van der Waals surface area contributed by atoms with Gasteiger partial charge in [-0.1, -0.05) is 13.8 Å². The summed E-state index contributed by atoms with van der Waals surface area (Å²) in [6.45, 7) is 9.63. The first-order valence-electron chi connectivity index (χ1n) is 6.42. The Morgan fingerprint density at radius 1 is 1.41 bits per heavy atom. The summed E-state index contributed by atoms with van der Waals surface area (Å²) < 4.78 is 5.23. The van der Waals surface area contributed by atoms with E-state index in [1.165, 1.54) is 0 Å². The predicted octanol–water partition coefficient (Wildman–Crippen LogP) is 2.45. The molecule has 0 aromatic heterocycles. The van der Waals surface area contributed by atoms with Crippen LogP contribution in [0.3, 0.4) is 0 Å². The van der Waals surface area contributed by atoms with E-state index in [1.807, 2.05) is 20.8 Å². The molecule has 1 aliphatic rings. The fourth-order valence-corrected chi connectivity index (χ4v) is 2.63. The summed E-state index contributed by atoms with van der Waals surface area (Å²) in [5, 5.41) is 12.8. The highest BCUT2D eigenvalue weighted by Gasteiger charge is 2.52. The van der Waals surface area contributed by atoms with Crippen molar-refractivity contribution >= 4 is 6.09 Å². The summed E-state index contributed by atoms with van der Waals surface area (Å²) in [6, 6.07) is 0.0300. The number of carbonyl (C=O) groups excluding carboxylic acids is 1. The monoisotopic (exact) mass is 243 g/mol. The first-order chi connectivity index (χ1) is 7.75. The van der Waals surface area contributed by atoms with E-state index in [4.69, 9.17) is 4.74 Å². The summed E-state index contributed by atoms with van der Waals surface area (Å²) in [7, 11) is 0. The van der Waals surface area contributed by atoms with Gasteiger partial charge in [-0.25, -0.2) is 4.79 Å². The average molecular weight is 243 g/mol. The molecular formula is C13H25NO3. The summed E-state index contributed by atoms with van der Waals surface area (Å²) >= 11 is 0. The molecule has 4 heteroatoms. The highest BCUT2D eigenvalue weighted by molar-refractivity contribution is 5.68. The molecule has 17 heavy (non-hydrogen) atoms. The Morgan fingerprint density at radius 2 is 1.94 bits per heavy atom. The molecular weight excluding hydrogens is 218 g/mol. The fraction of sp³-hybridized carbons (Fsp3) is 0.923. The van der Waals surface area contributed by atoms with Gasteiger partial charge in [0.05, 0.1) is 6.10 Å². The number of rotatable bonds is 3. The van der Waals surface area contributed by atoms with Crippen LogP contribution in [-0.4, -0.2) is 28.9 Å². The summed E-state index contributed by atoms with van der Waals surface area (Å²) in [5.41, 5.74) is -0.648. The van der Waals surface area contributed by atoms with E-state index in [2.05, 4.69) is 19.2 Å². The standard InChI is InChI=1S/C13H25NO3/c1-6-13(7-2)9(8-10(13)15)14-11(16)17-12(3,4)5/h9-10,15H,6-8H2,1-5H3,(H,14,16). The Hall–Kier alpha value is -0.770. The Kier molecular flexibility index (Phi) is 4.07. The van der Waals surface area contributed by atoms with Gasteiger partial charge in [-0.3, -0.25) is 0 Å². The van der Waals surface area contributed by atoms with Gasteiger partial charge in [0, 0.05) is 11.5 Å². The molecule has 0 bridgehead atoms. The van der Waals surface area contributed by atoms with Crippen molar-refractivity contribution < 1.29 is 14.6 Å². The van der Waals surface area contributed by atoms with Gasteiger partial charge < -0.3 is 15.2 Å². The number of hydrogen-bond donors (Lipinski definition) is 2. The molecule has 1 fully saturated rings. The first-order valence-corrected chi connectivity index (χ1v) is 6.42. The van der Waals surface area contributed by atoms with Crippen molar-refractivity contribution in [1.82, 2.24) is 5.32 Å². The van der Waals surface area contributed by atoms with Crippen LogP contribution >= 0.6 is 0 Å². The summed E-state index contributed by atoms with van der Waals surface area (Å²) in [4.78, 5) is 11.7. The largest absolute Gasteiger partial charge is 0.444 e. The second-order valence-electron chi connectivity index (χ2n) is 5.89. The van der Waals surface area contributed by atoms with Gasteiger partial charge in [-0.15, -0.1) is 0 Å². The van der Waals surface area contributed by atoms with Crippen molar-refractivity contribution in [2.45, 2.75) is 71.6 Å². The van der Waals surface area contributed by atoms with E-state index in [0.717, 1.165) is 12.8 Å². The van der Waals surface area contributed by atoms with Crippen molar-refractivity contribution in [3.63, 3.8) is 0 Å². The molecule has 0 spiro atoms. The average Bonchev–Trinajstić information content (AvgIpc) is 2.16. The quantitative estimate of drug-likeness (QED) is 0.800. The van der Waals surface area contributed by atoms with E-state index < -0.39 is 5.60 Å². The van der Waals surface area contributed by atoms with Crippen LogP contribution in [-0.2, 0) is 4.74 Å². The maximum atomic E-state index is 11.7. The zero-order valence-electron chi connectivity index (χ0n) is 11.5. The second kappa shape index (κ2) is 4.84. The van der Waals surface area contributed by atoms with Crippen LogP contribution < -0.4 is 5.32 Å². The maximum Gasteiger partial charge on any atom is 0.407 e. The van der Waals surface area contributed by atoms with Gasteiger partial charge in [-0.05, 0) is 40.0 Å². The molecule has 4 nitrogen and oxygen atoms in total. The Balaban J connectivity index is 2.56. The normalized spacial score (nSPS) is 27.2. The van der Waals surface area contributed by atoms with Crippen molar-refractivity contribution in [1.29, 1.82) is 0 Å². The number of alkyl carbamates (subject to hydrolysis) is 1. The molecule has 1 amide bonds. The molecule has 2 unspecified atom stereocenters. The molecule has 1 saturated carbocycles. The fourth-order valence-electron chi connectivity index (χ4n) is 2.63. The lowest BCUT2D eigenvalue weighted by atomic mass is 9.59. The van der Waals surface area contributed by atoms with E-state index in [1.54, 1.807) is 0 Å². The molecule has 0 heterocycles. The summed E-state index contributed by atoms with van der Waals surface area (Å²) in [5.74, 6) is 0. The van der Waals surface area contributed by atoms with Crippen molar-refractivity contribution in [3.05, 3.63) is 0 Å². The van der Waals surface area contributed by atoms with E-state index >= 15 is 0 Å². The van der Waals surface area contributed by atoms with Crippen molar-refractivity contribution in [2.24, 2.45) is 5.41 Å². The van der Waals surface area contributed by atoms with Crippen molar-refractivity contribution in [3.8, 4) is 0 Å². The highest BCUT2D eigenvalue weighted by atomic mass is 16.6. The number of nitrogens with one attached hydrogen (secondary N) is 1. The third-order valence-electron chi connectivity index (χ3n) is 3.82. The second-order valence-corrected chi connectivity index (χ2v) is 5.89. The number of carbonyl (C=O) groups is 1. The number of hydrogen-bond acceptors (Lipinski definition) is 3. The molecule has 0 radical (unpaired) electrons. The van der Waals surface area contributed by atoms with Gasteiger partial charge >= 0.3 is 6.09 Å². The van der Waals surface area contributed by atoms with Gasteiger partial charge in [0.15, 0.2) is 0 Å². The smallest absolute Gasteiger partial charge is 0.407 e. The Labute approximate surface area is 104 Å². The number of aliphatic hydroxyl groups is 1. The van der Waals surface area contributed by atoms with Gasteiger partial charge in [-0.2, -0.15) is 0 Å². The molecule has 0 aromatic carbocycles. The molecule has 0 aliphatic heterocycles. The van der Waals surface area contributed by atoms with Crippen LogP contribution in [0.4, 0.5) is 4.79 Å². The zero-order valence-corrected chi connectivity index (χ0v) is 11.5. The lowest BCUT2D eigenvalue weighted by molar-refractivity contribution is -0.102. The number of ether oxygens (including phenoxy) is 1. The lowest BCUT2D eigenvalue weighted by Crippen LogP contribution is -2.63. The maximum absolute atomic E-state index is 11.7. The summed E-state index contributed by atoms with van der Waals surface area (Å²) in [6.07, 6.45) is 1.66. The lowest BCUT2D eigenvalue weighted by Gasteiger charge is -2.53. The SMILES string of the molecule is CCC1(CC)C(O)CC1NC(=O)OC(C)(C)C. The minimum absolute atomic E-state index is 0.0300. The van der Waals surface area contributed by atoms with Crippen LogP contribution in [0.1, 0.15) is 53.9 Å². The highest BCUT2D eigenvalue weighted by Crippen LogP contribution is 2.47. The molecule has 0 saturated heterocycles. The third kappa shape index (κ3) is 2.92. The molecule has 2 atom stereocenters. The van der Waals surface area contributed by atoms with E-state index in [9.17, 15) is 9.90 Å². The number of amides is 1.